The number of hydrogen-bond donors (Lipinski definition) is 1. The number of rotatable bonds is 6. The molecule has 0 amide bonds. The van der Waals surface area contributed by atoms with E-state index < -0.39 is 9.84 Å². The SMILES string of the molecule is Cc1cc(-c2noc(CCCS(=O)(=O)c3ccc(Cl)cc3)n2)ccc1O. The largest absolute Gasteiger partial charge is 0.508 e. The van der Waals surface area contributed by atoms with Crippen LogP contribution in [0.1, 0.15) is 17.9 Å². The summed E-state index contributed by atoms with van der Waals surface area (Å²) in [4.78, 5) is 4.53. The molecule has 2 aromatic carbocycles. The van der Waals surface area contributed by atoms with E-state index in [1.54, 1.807) is 37.3 Å². The second-order valence-electron chi connectivity index (χ2n) is 5.89. The fourth-order valence-electron chi connectivity index (χ4n) is 2.44. The number of benzene rings is 2. The first kappa shape index (κ1) is 18.4. The minimum absolute atomic E-state index is 0.0232. The lowest BCUT2D eigenvalue weighted by Gasteiger charge is -2.03. The molecule has 0 spiro atoms. The molecule has 0 atom stereocenters. The first-order valence-electron chi connectivity index (χ1n) is 7.96. The zero-order valence-corrected chi connectivity index (χ0v) is 15.6. The molecule has 0 aliphatic carbocycles. The van der Waals surface area contributed by atoms with Crippen molar-refractivity contribution in [1.82, 2.24) is 10.1 Å². The Hall–Kier alpha value is -2.38. The predicted octanol–water partition coefficient (Wildman–Crippen LogP) is 3.81. The third-order valence-corrected chi connectivity index (χ3v) is 5.97. The quantitative estimate of drug-likeness (QED) is 0.685. The molecule has 0 fully saturated rings. The molecule has 26 heavy (non-hydrogen) atoms. The van der Waals surface area contributed by atoms with Crippen LogP contribution in [0.3, 0.4) is 0 Å². The van der Waals surface area contributed by atoms with Crippen LogP contribution < -0.4 is 0 Å². The highest BCUT2D eigenvalue weighted by Gasteiger charge is 2.16. The van der Waals surface area contributed by atoms with Crippen LogP contribution in [0.4, 0.5) is 0 Å². The van der Waals surface area contributed by atoms with Crippen molar-refractivity contribution in [2.45, 2.75) is 24.7 Å². The van der Waals surface area contributed by atoms with E-state index in [0.717, 1.165) is 5.56 Å². The minimum Gasteiger partial charge on any atom is -0.508 e. The number of phenolic OH excluding ortho intramolecular Hbond substituents is 1. The van der Waals surface area contributed by atoms with Gasteiger partial charge in [-0.3, -0.25) is 0 Å². The number of aromatic hydroxyl groups is 1. The maximum Gasteiger partial charge on any atom is 0.226 e. The zero-order chi connectivity index (χ0) is 18.7. The van der Waals surface area contributed by atoms with Crippen LogP contribution in [-0.4, -0.2) is 29.4 Å². The van der Waals surface area contributed by atoms with Gasteiger partial charge in [-0.1, -0.05) is 16.8 Å². The number of phenols is 1. The molecule has 3 aromatic rings. The molecule has 6 nitrogen and oxygen atoms in total. The average molecular weight is 393 g/mol. The molecule has 0 aliphatic heterocycles. The van der Waals surface area contributed by atoms with Crippen LogP contribution in [-0.2, 0) is 16.3 Å². The second-order valence-corrected chi connectivity index (χ2v) is 8.43. The number of aryl methyl sites for hydroxylation is 2. The molecule has 1 heterocycles. The summed E-state index contributed by atoms with van der Waals surface area (Å²) >= 11 is 5.78. The number of aromatic nitrogens is 2. The van der Waals surface area contributed by atoms with Gasteiger partial charge in [0.25, 0.3) is 0 Å². The zero-order valence-electron chi connectivity index (χ0n) is 14.0. The Morgan fingerprint density at radius 3 is 2.58 bits per heavy atom. The monoisotopic (exact) mass is 392 g/mol. The summed E-state index contributed by atoms with van der Waals surface area (Å²) in [5.41, 5.74) is 1.44. The van der Waals surface area contributed by atoms with Crippen molar-refractivity contribution in [2.24, 2.45) is 0 Å². The number of nitrogens with zero attached hydrogens (tertiary/aromatic N) is 2. The van der Waals surface area contributed by atoms with Gasteiger partial charge in [0.2, 0.25) is 11.7 Å². The van der Waals surface area contributed by atoms with Gasteiger partial charge >= 0.3 is 0 Å². The summed E-state index contributed by atoms with van der Waals surface area (Å²) in [5, 5.41) is 14.0. The van der Waals surface area contributed by atoms with Gasteiger partial charge in [-0.15, -0.1) is 0 Å². The summed E-state index contributed by atoms with van der Waals surface area (Å²) in [7, 11) is -3.38. The maximum absolute atomic E-state index is 12.3. The molecule has 0 saturated carbocycles. The van der Waals surface area contributed by atoms with Crippen LogP contribution >= 0.6 is 11.6 Å². The summed E-state index contributed by atoms with van der Waals surface area (Å²) in [6, 6.07) is 11.1. The Labute approximate surface area is 156 Å². The molecule has 0 radical (unpaired) electrons. The van der Waals surface area contributed by atoms with Crippen molar-refractivity contribution >= 4 is 21.4 Å². The lowest BCUT2D eigenvalue weighted by atomic mass is 10.1. The fourth-order valence-corrected chi connectivity index (χ4v) is 3.88. The summed E-state index contributed by atoms with van der Waals surface area (Å²) in [6.45, 7) is 1.78. The van der Waals surface area contributed by atoms with E-state index in [0.29, 0.717) is 35.1 Å². The normalized spacial score (nSPS) is 11.6. The number of halogens is 1. The van der Waals surface area contributed by atoms with Gasteiger partial charge in [0, 0.05) is 17.0 Å². The average Bonchev–Trinajstić information content (AvgIpc) is 3.06. The van der Waals surface area contributed by atoms with Gasteiger partial charge in [-0.2, -0.15) is 4.98 Å². The third-order valence-electron chi connectivity index (χ3n) is 3.90. The van der Waals surface area contributed by atoms with E-state index in [2.05, 4.69) is 10.1 Å². The van der Waals surface area contributed by atoms with E-state index in [1.807, 2.05) is 0 Å². The molecule has 0 bridgehead atoms. The van der Waals surface area contributed by atoms with E-state index in [1.165, 1.54) is 12.1 Å². The minimum atomic E-state index is -3.38. The predicted molar refractivity (Wildman–Crippen MR) is 98.0 cm³/mol. The highest BCUT2D eigenvalue weighted by Crippen LogP contribution is 2.23. The third kappa shape index (κ3) is 4.23. The van der Waals surface area contributed by atoms with Crippen molar-refractivity contribution < 1.29 is 18.0 Å². The van der Waals surface area contributed by atoms with Gasteiger partial charge in [0.05, 0.1) is 10.6 Å². The topological polar surface area (TPSA) is 93.3 Å². The van der Waals surface area contributed by atoms with Gasteiger partial charge in [-0.25, -0.2) is 8.42 Å². The van der Waals surface area contributed by atoms with E-state index in [4.69, 9.17) is 16.1 Å². The van der Waals surface area contributed by atoms with Crippen molar-refractivity contribution in [3.05, 3.63) is 58.9 Å². The Bertz CT molecular complexity index is 1010. The molecule has 136 valence electrons. The van der Waals surface area contributed by atoms with Gasteiger partial charge in [-0.05, 0) is 61.4 Å². The Morgan fingerprint density at radius 2 is 1.88 bits per heavy atom. The Balaban J connectivity index is 1.63. The van der Waals surface area contributed by atoms with Crippen LogP contribution in [0.5, 0.6) is 5.75 Å². The first-order chi connectivity index (χ1) is 12.3. The lowest BCUT2D eigenvalue weighted by molar-refractivity contribution is 0.378. The molecule has 3 rings (SSSR count). The fraction of sp³-hybridized carbons (Fsp3) is 0.222. The maximum atomic E-state index is 12.3. The molecule has 0 aliphatic rings. The van der Waals surface area contributed by atoms with E-state index in [9.17, 15) is 13.5 Å². The number of sulfone groups is 1. The second kappa shape index (κ2) is 7.47. The molecule has 0 saturated heterocycles. The van der Waals surface area contributed by atoms with Crippen molar-refractivity contribution in [1.29, 1.82) is 0 Å². The van der Waals surface area contributed by atoms with Crippen molar-refractivity contribution in [2.75, 3.05) is 5.75 Å². The van der Waals surface area contributed by atoms with Gasteiger partial charge in [0.1, 0.15) is 5.75 Å². The number of hydrogen-bond acceptors (Lipinski definition) is 6. The molecular weight excluding hydrogens is 376 g/mol. The van der Waals surface area contributed by atoms with Crippen molar-refractivity contribution in [3.63, 3.8) is 0 Å². The summed E-state index contributed by atoms with van der Waals surface area (Å²) < 4.78 is 29.8. The molecule has 0 unspecified atom stereocenters. The van der Waals surface area contributed by atoms with Crippen LogP contribution in [0, 0.1) is 6.92 Å². The first-order valence-corrected chi connectivity index (χ1v) is 9.99. The highest BCUT2D eigenvalue weighted by molar-refractivity contribution is 7.91. The lowest BCUT2D eigenvalue weighted by Crippen LogP contribution is -2.07. The summed E-state index contributed by atoms with van der Waals surface area (Å²) in [5.74, 6) is 0.954. The smallest absolute Gasteiger partial charge is 0.226 e. The van der Waals surface area contributed by atoms with E-state index in [-0.39, 0.29) is 16.4 Å². The Morgan fingerprint density at radius 1 is 1.15 bits per heavy atom. The van der Waals surface area contributed by atoms with E-state index >= 15 is 0 Å². The molecule has 1 N–H and O–H groups in total. The summed E-state index contributed by atoms with van der Waals surface area (Å²) in [6.07, 6.45) is 0.720. The van der Waals surface area contributed by atoms with Crippen LogP contribution in [0.15, 0.2) is 51.9 Å². The Kier molecular flexibility index (Phi) is 5.29. The molecule has 1 aromatic heterocycles. The van der Waals surface area contributed by atoms with Gasteiger partial charge in [0.15, 0.2) is 9.84 Å². The highest BCUT2D eigenvalue weighted by atomic mass is 35.5. The van der Waals surface area contributed by atoms with Crippen LogP contribution in [0.2, 0.25) is 5.02 Å². The molecular formula is C18H17ClN2O4S. The standard InChI is InChI=1S/C18H17ClN2O4S/c1-12-11-13(4-9-16(12)22)18-20-17(25-21-18)3-2-10-26(23,24)15-7-5-14(19)6-8-15/h4-9,11,22H,2-3,10H2,1H3. The molecule has 8 heteroatoms. The van der Waals surface area contributed by atoms with Gasteiger partial charge < -0.3 is 9.63 Å². The van der Waals surface area contributed by atoms with Crippen molar-refractivity contribution in [3.8, 4) is 17.1 Å². The van der Waals surface area contributed by atoms with Crippen LogP contribution in [0.25, 0.3) is 11.4 Å².